The van der Waals surface area contributed by atoms with Gasteiger partial charge in [0.2, 0.25) is 11.8 Å². The van der Waals surface area contributed by atoms with Crippen LogP contribution in [0, 0.1) is 5.92 Å². The Kier molecular flexibility index (Phi) is 5.20. The third-order valence-corrected chi connectivity index (χ3v) is 4.68. The van der Waals surface area contributed by atoms with Crippen molar-refractivity contribution < 1.29 is 32.6 Å². The van der Waals surface area contributed by atoms with Gasteiger partial charge in [0, 0.05) is 30.4 Å². The van der Waals surface area contributed by atoms with Gasteiger partial charge in [-0.2, -0.15) is 8.78 Å². The first-order chi connectivity index (χ1) is 14.0. The molecule has 0 aromatic heterocycles. The molecule has 0 saturated carbocycles. The van der Waals surface area contributed by atoms with E-state index in [4.69, 9.17) is 9.47 Å². The Balaban J connectivity index is 1.40. The second-order valence-electron chi connectivity index (χ2n) is 6.63. The van der Waals surface area contributed by atoms with Crippen LogP contribution in [0.1, 0.15) is 6.42 Å². The number of ether oxygens (including phenoxy) is 3. The normalized spacial score (nSPS) is 18.1. The number of alkyl halides is 2. The van der Waals surface area contributed by atoms with Crippen molar-refractivity contribution in [2.75, 3.05) is 30.0 Å². The molecule has 0 spiro atoms. The van der Waals surface area contributed by atoms with E-state index in [1.807, 2.05) is 0 Å². The highest BCUT2D eigenvalue weighted by Crippen LogP contribution is 2.36. The first kappa shape index (κ1) is 19.0. The predicted molar refractivity (Wildman–Crippen MR) is 99.6 cm³/mol. The van der Waals surface area contributed by atoms with Crippen LogP contribution in [0.5, 0.6) is 17.2 Å². The topological polar surface area (TPSA) is 77.1 Å². The van der Waals surface area contributed by atoms with Crippen molar-refractivity contribution in [2.45, 2.75) is 13.0 Å². The van der Waals surface area contributed by atoms with E-state index in [9.17, 15) is 18.4 Å². The quantitative estimate of drug-likeness (QED) is 0.829. The summed E-state index contributed by atoms with van der Waals surface area (Å²) in [5.74, 6) is 0.177. The number of halogens is 2. The molecule has 1 saturated heterocycles. The summed E-state index contributed by atoms with van der Waals surface area (Å²) in [4.78, 5) is 26.5. The van der Waals surface area contributed by atoms with Crippen LogP contribution in [-0.2, 0) is 9.59 Å². The molecule has 0 aliphatic carbocycles. The summed E-state index contributed by atoms with van der Waals surface area (Å²) in [6.07, 6.45) is 0.0762. The van der Waals surface area contributed by atoms with Gasteiger partial charge in [0.05, 0.1) is 5.92 Å². The van der Waals surface area contributed by atoms with Gasteiger partial charge < -0.3 is 24.4 Å². The van der Waals surface area contributed by atoms with Crippen LogP contribution in [0.3, 0.4) is 0 Å². The second-order valence-corrected chi connectivity index (χ2v) is 6.63. The summed E-state index contributed by atoms with van der Waals surface area (Å²) in [5, 5.41) is 2.70. The molecule has 0 unspecified atom stereocenters. The molecule has 7 nitrogen and oxygen atoms in total. The Hall–Kier alpha value is -3.36. The van der Waals surface area contributed by atoms with E-state index in [1.54, 1.807) is 23.1 Å². The van der Waals surface area contributed by atoms with Crippen LogP contribution in [0.2, 0.25) is 0 Å². The van der Waals surface area contributed by atoms with Crippen LogP contribution in [0.25, 0.3) is 0 Å². The fourth-order valence-electron chi connectivity index (χ4n) is 3.30. The van der Waals surface area contributed by atoms with Gasteiger partial charge in [-0.05, 0) is 36.4 Å². The number of nitrogens with one attached hydrogen (secondary N) is 1. The third-order valence-electron chi connectivity index (χ3n) is 4.68. The van der Waals surface area contributed by atoms with Crippen LogP contribution in [0.15, 0.2) is 42.5 Å². The average molecular weight is 404 g/mol. The third kappa shape index (κ3) is 4.23. The molecule has 29 heavy (non-hydrogen) atoms. The Bertz CT molecular complexity index is 920. The molecule has 4 rings (SSSR count). The molecule has 0 bridgehead atoms. The maximum atomic E-state index is 12.5. The lowest BCUT2D eigenvalue weighted by Crippen LogP contribution is -2.28. The van der Waals surface area contributed by atoms with Crippen LogP contribution in [0.4, 0.5) is 20.2 Å². The maximum Gasteiger partial charge on any atom is 0.387 e. The molecular weight excluding hydrogens is 386 g/mol. The van der Waals surface area contributed by atoms with Crippen LogP contribution in [-0.4, -0.2) is 38.2 Å². The molecule has 2 aromatic carbocycles. The fraction of sp³-hybridized carbons (Fsp3) is 0.300. The number of hydrogen-bond donors (Lipinski definition) is 1. The number of benzene rings is 2. The number of rotatable bonds is 5. The summed E-state index contributed by atoms with van der Waals surface area (Å²) in [6, 6.07) is 10.8. The van der Waals surface area contributed by atoms with E-state index in [0.717, 1.165) is 0 Å². The Labute approximate surface area is 165 Å². The van der Waals surface area contributed by atoms with Gasteiger partial charge in [-0.25, -0.2) is 0 Å². The molecular formula is C20H18F2N2O5. The molecule has 2 aliphatic rings. The number of carbonyl (C=O) groups excluding carboxylic acids is 2. The zero-order valence-electron chi connectivity index (χ0n) is 15.3. The Morgan fingerprint density at radius 3 is 2.55 bits per heavy atom. The summed E-state index contributed by atoms with van der Waals surface area (Å²) in [6.45, 7) is -1.76. The van der Waals surface area contributed by atoms with Crippen molar-refractivity contribution in [3.8, 4) is 17.2 Å². The largest absolute Gasteiger partial charge is 0.486 e. The zero-order valence-corrected chi connectivity index (χ0v) is 15.3. The lowest BCUT2D eigenvalue weighted by Gasteiger charge is -2.22. The van der Waals surface area contributed by atoms with Gasteiger partial charge in [0.15, 0.2) is 11.5 Å². The standard InChI is InChI=1S/C20H18F2N2O5/c21-20(22)29-15-4-1-13(2-5-15)23-19(26)12-9-18(25)24(11-12)14-3-6-16-17(10-14)28-8-7-27-16/h1-6,10,12,20H,7-9,11H2,(H,23,26)/t12-/m1/s1. The lowest BCUT2D eigenvalue weighted by molar-refractivity contribution is -0.122. The molecule has 2 aromatic rings. The van der Waals surface area contributed by atoms with Gasteiger partial charge in [0.25, 0.3) is 0 Å². The number of anilines is 2. The first-order valence-electron chi connectivity index (χ1n) is 9.05. The van der Waals surface area contributed by atoms with Crippen molar-refractivity contribution in [1.82, 2.24) is 0 Å². The van der Waals surface area contributed by atoms with Crippen molar-refractivity contribution in [1.29, 1.82) is 0 Å². The number of fused-ring (bicyclic) bond motifs is 1. The Morgan fingerprint density at radius 2 is 1.83 bits per heavy atom. The summed E-state index contributed by atoms with van der Waals surface area (Å²) in [7, 11) is 0. The number of hydrogen-bond acceptors (Lipinski definition) is 5. The highest BCUT2D eigenvalue weighted by Gasteiger charge is 2.35. The summed E-state index contributed by atoms with van der Waals surface area (Å²) < 4.78 is 39.7. The molecule has 2 heterocycles. The van der Waals surface area contributed by atoms with E-state index in [-0.39, 0.29) is 30.5 Å². The zero-order chi connectivity index (χ0) is 20.4. The lowest BCUT2D eigenvalue weighted by atomic mass is 10.1. The minimum Gasteiger partial charge on any atom is -0.486 e. The van der Waals surface area contributed by atoms with Crippen molar-refractivity contribution >= 4 is 23.2 Å². The maximum absolute atomic E-state index is 12.5. The second kappa shape index (κ2) is 7.94. The molecule has 2 amide bonds. The minimum atomic E-state index is -2.91. The minimum absolute atomic E-state index is 0.00109. The predicted octanol–water partition coefficient (Wildman–Crippen LogP) is 3.05. The number of nitrogens with zero attached hydrogens (tertiary/aromatic N) is 1. The van der Waals surface area contributed by atoms with Crippen LogP contribution >= 0.6 is 0 Å². The van der Waals surface area contributed by atoms with Gasteiger partial charge in [0.1, 0.15) is 19.0 Å². The molecule has 0 radical (unpaired) electrons. The Morgan fingerprint density at radius 1 is 1.10 bits per heavy atom. The summed E-state index contributed by atoms with van der Waals surface area (Å²) >= 11 is 0. The van der Waals surface area contributed by atoms with Gasteiger partial charge in [-0.15, -0.1) is 0 Å². The van der Waals surface area contributed by atoms with Gasteiger partial charge in [-0.1, -0.05) is 0 Å². The molecule has 1 atom stereocenters. The molecule has 1 fully saturated rings. The molecule has 2 aliphatic heterocycles. The van der Waals surface area contributed by atoms with Gasteiger partial charge >= 0.3 is 6.61 Å². The van der Waals surface area contributed by atoms with Gasteiger partial charge in [-0.3, -0.25) is 9.59 Å². The van der Waals surface area contributed by atoms with E-state index >= 15 is 0 Å². The van der Waals surface area contributed by atoms with Crippen molar-refractivity contribution in [2.24, 2.45) is 5.92 Å². The highest BCUT2D eigenvalue weighted by molar-refractivity contribution is 6.03. The average Bonchev–Trinajstić information content (AvgIpc) is 3.10. The molecule has 152 valence electrons. The fourth-order valence-corrected chi connectivity index (χ4v) is 3.30. The van der Waals surface area contributed by atoms with E-state index in [2.05, 4.69) is 10.1 Å². The van der Waals surface area contributed by atoms with E-state index < -0.39 is 12.5 Å². The smallest absolute Gasteiger partial charge is 0.387 e. The number of carbonyl (C=O) groups is 2. The van der Waals surface area contributed by atoms with E-state index in [0.29, 0.717) is 36.1 Å². The SMILES string of the molecule is O=C(Nc1ccc(OC(F)F)cc1)[C@@H]1CC(=O)N(c2ccc3c(c2)OCCO3)C1. The first-order valence-corrected chi connectivity index (χ1v) is 9.05. The van der Waals surface area contributed by atoms with Crippen molar-refractivity contribution in [3.05, 3.63) is 42.5 Å². The van der Waals surface area contributed by atoms with Crippen molar-refractivity contribution in [3.63, 3.8) is 0 Å². The summed E-state index contributed by atoms with van der Waals surface area (Å²) in [5.41, 5.74) is 1.07. The monoisotopic (exact) mass is 404 g/mol. The highest BCUT2D eigenvalue weighted by atomic mass is 19.3. The molecule has 1 N–H and O–H groups in total. The number of amides is 2. The van der Waals surface area contributed by atoms with E-state index in [1.165, 1.54) is 24.3 Å². The molecule has 9 heteroatoms. The van der Waals surface area contributed by atoms with Crippen LogP contribution < -0.4 is 24.4 Å².